The van der Waals surface area contributed by atoms with Crippen LogP contribution in [0.2, 0.25) is 0 Å². The molecular weight excluding hydrogens is 336 g/mol. The summed E-state index contributed by atoms with van der Waals surface area (Å²) >= 11 is 3.43. The SMILES string of the molecule is CC(C)(C)Oc1cc(C(=O)O)cc(OC(C)(C)C)c1CBr. The minimum absolute atomic E-state index is 0.151. The van der Waals surface area contributed by atoms with E-state index in [1.807, 2.05) is 41.5 Å². The van der Waals surface area contributed by atoms with Gasteiger partial charge in [-0.05, 0) is 53.7 Å². The van der Waals surface area contributed by atoms with E-state index in [-0.39, 0.29) is 5.56 Å². The number of carbonyl (C=O) groups is 1. The fourth-order valence-corrected chi connectivity index (χ4v) is 2.27. The van der Waals surface area contributed by atoms with E-state index in [0.29, 0.717) is 16.8 Å². The molecule has 118 valence electrons. The first-order valence-electron chi connectivity index (χ1n) is 6.77. The molecule has 0 radical (unpaired) electrons. The Morgan fingerprint density at radius 2 is 1.43 bits per heavy atom. The third-order valence-corrected chi connectivity index (χ3v) is 2.94. The van der Waals surface area contributed by atoms with Gasteiger partial charge in [0.25, 0.3) is 0 Å². The third kappa shape index (κ3) is 5.58. The average Bonchev–Trinajstić information content (AvgIpc) is 2.23. The first-order chi connectivity index (χ1) is 9.43. The second kappa shape index (κ2) is 6.26. The lowest BCUT2D eigenvalue weighted by Crippen LogP contribution is -2.26. The van der Waals surface area contributed by atoms with Gasteiger partial charge in [0.1, 0.15) is 22.7 Å². The fraction of sp³-hybridized carbons (Fsp3) is 0.562. The highest BCUT2D eigenvalue weighted by Gasteiger charge is 2.23. The number of carboxylic acids is 1. The molecule has 0 saturated carbocycles. The van der Waals surface area contributed by atoms with Gasteiger partial charge >= 0.3 is 5.97 Å². The Kier molecular flexibility index (Phi) is 5.31. The van der Waals surface area contributed by atoms with E-state index in [4.69, 9.17) is 9.47 Å². The number of ether oxygens (including phenoxy) is 2. The van der Waals surface area contributed by atoms with Crippen LogP contribution in [-0.4, -0.2) is 22.3 Å². The quantitative estimate of drug-likeness (QED) is 0.796. The van der Waals surface area contributed by atoms with E-state index in [9.17, 15) is 9.90 Å². The summed E-state index contributed by atoms with van der Waals surface area (Å²) in [5.74, 6) is 0.0469. The predicted octanol–water partition coefficient (Wildman–Crippen LogP) is 4.63. The van der Waals surface area contributed by atoms with Crippen molar-refractivity contribution in [3.63, 3.8) is 0 Å². The van der Waals surface area contributed by atoms with E-state index in [2.05, 4.69) is 15.9 Å². The Balaban J connectivity index is 3.43. The molecule has 1 aromatic rings. The van der Waals surface area contributed by atoms with Gasteiger partial charge < -0.3 is 14.6 Å². The van der Waals surface area contributed by atoms with Crippen LogP contribution in [0.1, 0.15) is 57.5 Å². The second-order valence-electron chi connectivity index (χ2n) is 6.82. The summed E-state index contributed by atoms with van der Waals surface area (Å²) in [6.07, 6.45) is 0. The molecule has 0 heterocycles. The second-order valence-corrected chi connectivity index (χ2v) is 7.38. The fourth-order valence-electron chi connectivity index (χ4n) is 1.72. The van der Waals surface area contributed by atoms with Crippen LogP contribution in [0.5, 0.6) is 11.5 Å². The number of aromatic carboxylic acids is 1. The molecule has 0 aliphatic carbocycles. The maximum Gasteiger partial charge on any atom is 0.335 e. The molecule has 21 heavy (non-hydrogen) atoms. The van der Waals surface area contributed by atoms with E-state index in [1.165, 1.54) is 0 Å². The highest BCUT2D eigenvalue weighted by molar-refractivity contribution is 9.08. The van der Waals surface area contributed by atoms with Gasteiger partial charge in [0, 0.05) is 10.9 Å². The molecular formula is C16H23BrO4. The molecule has 0 unspecified atom stereocenters. The van der Waals surface area contributed by atoms with Gasteiger partial charge in [0.15, 0.2) is 0 Å². The zero-order valence-electron chi connectivity index (χ0n) is 13.4. The van der Waals surface area contributed by atoms with E-state index >= 15 is 0 Å². The molecule has 4 nitrogen and oxygen atoms in total. The van der Waals surface area contributed by atoms with Gasteiger partial charge in [0.2, 0.25) is 0 Å². The molecule has 0 saturated heterocycles. The summed E-state index contributed by atoms with van der Waals surface area (Å²) in [5, 5.41) is 9.79. The normalized spacial score (nSPS) is 12.1. The maximum absolute atomic E-state index is 11.3. The van der Waals surface area contributed by atoms with Gasteiger partial charge in [-0.2, -0.15) is 0 Å². The molecule has 0 bridgehead atoms. The molecule has 0 atom stereocenters. The lowest BCUT2D eigenvalue weighted by Gasteiger charge is -2.27. The van der Waals surface area contributed by atoms with Crippen molar-refractivity contribution in [3.8, 4) is 11.5 Å². The smallest absolute Gasteiger partial charge is 0.335 e. The van der Waals surface area contributed by atoms with Crippen LogP contribution < -0.4 is 9.47 Å². The van der Waals surface area contributed by atoms with Crippen LogP contribution >= 0.6 is 15.9 Å². The minimum atomic E-state index is -1.01. The molecule has 5 heteroatoms. The van der Waals surface area contributed by atoms with Crippen molar-refractivity contribution in [2.24, 2.45) is 0 Å². The summed E-state index contributed by atoms with van der Waals surface area (Å²) in [7, 11) is 0. The third-order valence-electron chi connectivity index (χ3n) is 2.38. The number of alkyl halides is 1. The number of rotatable bonds is 4. The van der Waals surface area contributed by atoms with Gasteiger partial charge in [-0.15, -0.1) is 0 Å². The van der Waals surface area contributed by atoms with Crippen molar-refractivity contribution in [2.75, 3.05) is 0 Å². The largest absolute Gasteiger partial charge is 0.488 e. The lowest BCUT2D eigenvalue weighted by molar-refractivity contribution is 0.0691. The van der Waals surface area contributed by atoms with Crippen molar-refractivity contribution in [3.05, 3.63) is 23.3 Å². The summed E-state index contributed by atoms with van der Waals surface area (Å²) in [6, 6.07) is 3.08. The topological polar surface area (TPSA) is 55.8 Å². The van der Waals surface area contributed by atoms with Crippen LogP contribution in [0.4, 0.5) is 0 Å². The van der Waals surface area contributed by atoms with Gasteiger partial charge in [0.05, 0.1) is 5.56 Å². The summed E-state index contributed by atoms with van der Waals surface area (Å²) in [5.41, 5.74) is 0.114. The molecule has 0 aliphatic heterocycles. The van der Waals surface area contributed by atoms with Crippen molar-refractivity contribution in [1.29, 1.82) is 0 Å². The molecule has 1 rings (SSSR count). The first-order valence-corrected chi connectivity index (χ1v) is 7.89. The van der Waals surface area contributed by atoms with E-state index in [0.717, 1.165) is 5.56 Å². The van der Waals surface area contributed by atoms with Gasteiger partial charge in [-0.25, -0.2) is 4.79 Å². The van der Waals surface area contributed by atoms with Crippen LogP contribution in [0.15, 0.2) is 12.1 Å². The summed E-state index contributed by atoms with van der Waals surface area (Å²) in [4.78, 5) is 11.3. The van der Waals surface area contributed by atoms with Crippen LogP contribution in [-0.2, 0) is 5.33 Å². The first kappa shape index (κ1) is 17.8. The number of halogens is 1. The van der Waals surface area contributed by atoms with E-state index < -0.39 is 17.2 Å². The highest BCUT2D eigenvalue weighted by Crippen LogP contribution is 2.36. The Hall–Kier alpha value is -1.23. The minimum Gasteiger partial charge on any atom is -0.488 e. The molecule has 1 N–H and O–H groups in total. The van der Waals surface area contributed by atoms with Crippen molar-refractivity contribution in [1.82, 2.24) is 0 Å². The Morgan fingerprint density at radius 3 is 1.67 bits per heavy atom. The zero-order chi connectivity index (χ0) is 16.4. The Morgan fingerprint density at radius 1 is 1.05 bits per heavy atom. The predicted molar refractivity (Wildman–Crippen MR) is 86.8 cm³/mol. The summed E-state index contributed by atoms with van der Waals surface area (Å²) < 4.78 is 11.8. The molecule has 0 amide bonds. The van der Waals surface area contributed by atoms with Gasteiger partial charge in [-0.3, -0.25) is 0 Å². The highest BCUT2D eigenvalue weighted by atomic mass is 79.9. The number of carboxylic acid groups (broad SMARTS) is 1. The van der Waals surface area contributed by atoms with Crippen LogP contribution in [0, 0.1) is 0 Å². The Labute approximate surface area is 134 Å². The van der Waals surface area contributed by atoms with Gasteiger partial charge in [-0.1, -0.05) is 15.9 Å². The monoisotopic (exact) mass is 358 g/mol. The van der Waals surface area contributed by atoms with Crippen molar-refractivity contribution >= 4 is 21.9 Å². The molecule has 0 fully saturated rings. The van der Waals surface area contributed by atoms with Crippen LogP contribution in [0.3, 0.4) is 0 Å². The lowest BCUT2D eigenvalue weighted by atomic mass is 10.1. The van der Waals surface area contributed by atoms with Crippen molar-refractivity contribution < 1.29 is 19.4 Å². The molecule has 0 aromatic heterocycles. The molecule has 0 spiro atoms. The zero-order valence-corrected chi connectivity index (χ0v) is 15.0. The van der Waals surface area contributed by atoms with Crippen LogP contribution in [0.25, 0.3) is 0 Å². The molecule has 0 aliphatic rings. The number of hydrogen-bond donors (Lipinski definition) is 1. The maximum atomic E-state index is 11.3. The standard InChI is InChI=1S/C16H23BrO4/c1-15(2,3)20-12-7-10(14(18)19)8-13(11(12)9-17)21-16(4,5)6/h7-8H,9H2,1-6H3,(H,18,19). The average molecular weight is 359 g/mol. The summed E-state index contributed by atoms with van der Waals surface area (Å²) in [6.45, 7) is 11.5. The van der Waals surface area contributed by atoms with E-state index in [1.54, 1.807) is 12.1 Å². The number of hydrogen-bond acceptors (Lipinski definition) is 3. The van der Waals surface area contributed by atoms with Crippen molar-refractivity contribution in [2.45, 2.75) is 58.1 Å². The molecule has 1 aromatic carbocycles. The number of benzene rings is 1. The Bertz CT molecular complexity index is 487.